The molecule has 0 spiro atoms. The van der Waals surface area contributed by atoms with Crippen LogP contribution < -0.4 is 5.56 Å². The van der Waals surface area contributed by atoms with Crippen molar-refractivity contribution in [1.29, 1.82) is 0 Å². The molecule has 0 radical (unpaired) electrons. The smallest absolute Gasteiger partial charge is 0.281 e. The summed E-state index contributed by atoms with van der Waals surface area (Å²) in [4.78, 5) is 18.1. The first-order valence-corrected chi connectivity index (χ1v) is 12.5. The van der Waals surface area contributed by atoms with Gasteiger partial charge in [0.05, 0.1) is 16.4 Å². The van der Waals surface area contributed by atoms with E-state index in [9.17, 15) is 4.79 Å². The average molecular weight is 447 g/mol. The fraction of sp³-hybridized carbons (Fsp3) is 0.355. The van der Waals surface area contributed by atoms with Gasteiger partial charge in [0.1, 0.15) is 5.65 Å². The van der Waals surface area contributed by atoms with E-state index in [2.05, 4.69) is 92.5 Å². The van der Waals surface area contributed by atoms with Crippen molar-refractivity contribution in [2.24, 2.45) is 0 Å². The molecule has 1 saturated carbocycles. The average Bonchev–Trinajstić information content (AvgIpc) is 3.24. The minimum atomic E-state index is -0.120. The highest BCUT2D eigenvalue weighted by molar-refractivity contribution is 6.13. The van der Waals surface area contributed by atoms with Crippen LogP contribution in [0.15, 0.2) is 59.4 Å². The van der Waals surface area contributed by atoms with Gasteiger partial charge in [-0.2, -0.15) is 4.98 Å². The van der Waals surface area contributed by atoms with Gasteiger partial charge in [-0.05, 0) is 81.8 Å². The molecule has 0 amide bonds. The number of benzene rings is 3. The molecule has 0 aliphatic heterocycles. The Hall–Kier alpha value is -3.20. The molecule has 2 aliphatic carbocycles. The number of pyridine rings is 1. The molecule has 3 heteroatoms. The Bertz CT molecular complexity index is 1770. The van der Waals surface area contributed by atoms with Gasteiger partial charge in [-0.3, -0.25) is 9.20 Å². The monoisotopic (exact) mass is 446 g/mol. The van der Waals surface area contributed by atoms with Crippen LogP contribution in [0.5, 0.6) is 0 Å². The standard InChI is InChI=1S/C31H30N2O/c1-29(2,3)18-10-11-25-21(14-18)19-8-6-7-9-20(19)27-32-28(34)22-15-23-24(16-26(22)33(25)27)31(5)13-12-30(23,4)17-31/h6-11,14-16H,12-13,17H2,1-5H3. The summed E-state index contributed by atoms with van der Waals surface area (Å²) in [5, 5.41) is 4.13. The highest BCUT2D eigenvalue weighted by Gasteiger charge is 2.53. The second-order valence-corrected chi connectivity index (χ2v) is 12.3. The van der Waals surface area contributed by atoms with Crippen molar-refractivity contribution in [2.75, 3.05) is 0 Å². The van der Waals surface area contributed by atoms with Crippen LogP contribution in [0.2, 0.25) is 0 Å². The van der Waals surface area contributed by atoms with Gasteiger partial charge in [-0.15, -0.1) is 0 Å². The van der Waals surface area contributed by atoms with E-state index < -0.39 is 0 Å². The van der Waals surface area contributed by atoms with Crippen LogP contribution >= 0.6 is 0 Å². The van der Waals surface area contributed by atoms with Crippen LogP contribution in [-0.2, 0) is 16.2 Å². The molecular weight excluding hydrogens is 416 g/mol. The zero-order valence-corrected chi connectivity index (χ0v) is 20.6. The van der Waals surface area contributed by atoms with E-state index in [1.165, 1.54) is 41.3 Å². The molecular formula is C31H30N2O. The lowest BCUT2D eigenvalue weighted by molar-refractivity contribution is 0.484. The fourth-order valence-corrected chi connectivity index (χ4v) is 7.06. The molecule has 1 fully saturated rings. The molecule has 2 unspecified atom stereocenters. The topological polar surface area (TPSA) is 34.4 Å². The molecule has 3 nitrogen and oxygen atoms in total. The van der Waals surface area contributed by atoms with Crippen LogP contribution in [0.1, 0.15) is 70.6 Å². The summed E-state index contributed by atoms with van der Waals surface area (Å²) in [6.45, 7) is 11.5. The first-order chi connectivity index (χ1) is 16.1. The number of fused-ring (bicyclic) bond motifs is 13. The lowest BCUT2D eigenvalue weighted by Crippen LogP contribution is -2.20. The first kappa shape index (κ1) is 20.2. The lowest BCUT2D eigenvalue weighted by atomic mass is 9.77. The third-order valence-corrected chi connectivity index (χ3v) is 8.90. The zero-order valence-electron chi connectivity index (χ0n) is 20.6. The molecule has 0 N–H and O–H groups in total. The minimum Gasteiger partial charge on any atom is -0.293 e. The van der Waals surface area contributed by atoms with Gasteiger partial charge in [0.25, 0.3) is 5.56 Å². The van der Waals surface area contributed by atoms with E-state index in [-0.39, 0.29) is 21.8 Å². The van der Waals surface area contributed by atoms with Crippen molar-refractivity contribution in [1.82, 2.24) is 9.38 Å². The molecule has 2 heterocycles. The van der Waals surface area contributed by atoms with Gasteiger partial charge in [0, 0.05) is 10.8 Å². The third kappa shape index (κ3) is 2.43. The number of nitrogens with zero attached hydrogens (tertiary/aromatic N) is 2. The molecule has 7 rings (SSSR count). The Balaban J connectivity index is 1.72. The fourth-order valence-electron chi connectivity index (χ4n) is 7.06. The van der Waals surface area contributed by atoms with Crippen molar-refractivity contribution in [2.45, 2.75) is 70.1 Å². The predicted octanol–water partition coefficient (Wildman–Crippen LogP) is 7.16. The number of hydrogen-bond acceptors (Lipinski definition) is 2. The Morgan fingerprint density at radius 1 is 0.794 bits per heavy atom. The summed E-state index contributed by atoms with van der Waals surface area (Å²) in [6.07, 6.45) is 3.60. The van der Waals surface area contributed by atoms with Crippen molar-refractivity contribution in [3.05, 3.63) is 81.6 Å². The first-order valence-electron chi connectivity index (χ1n) is 12.5. The summed E-state index contributed by atoms with van der Waals surface area (Å²) in [7, 11) is 0. The van der Waals surface area contributed by atoms with Gasteiger partial charge in [0.15, 0.2) is 0 Å². The highest BCUT2D eigenvalue weighted by Crippen LogP contribution is 2.60. The van der Waals surface area contributed by atoms with Crippen molar-refractivity contribution >= 4 is 38.2 Å². The lowest BCUT2D eigenvalue weighted by Gasteiger charge is -2.28. The number of rotatable bonds is 0. The Morgan fingerprint density at radius 3 is 2.18 bits per heavy atom. The van der Waals surface area contributed by atoms with Crippen molar-refractivity contribution in [3.63, 3.8) is 0 Å². The Morgan fingerprint density at radius 2 is 1.47 bits per heavy atom. The summed E-state index contributed by atoms with van der Waals surface area (Å²) < 4.78 is 2.25. The van der Waals surface area contributed by atoms with E-state index >= 15 is 0 Å². The second-order valence-electron chi connectivity index (χ2n) is 12.3. The van der Waals surface area contributed by atoms with Gasteiger partial charge in [0.2, 0.25) is 0 Å². The van der Waals surface area contributed by atoms with Gasteiger partial charge in [-0.25, -0.2) is 0 Å². The van der Waals surface area contributed by atoms with E-state index in [0.29, 0.717) is 0 Å². The minimum absolute atomic E-state index is 0.0538. The van der Waals surface area contributed by atoms with E-state index in [1.54, 1.807) is 0 Å². The maximum Gasteiger partial charge on any atom is 0.281 e. The number of aromatic nitrogens is 2. The zero-order chi connectivity index (χ0) is 23.6. The summed E-state index contributed by atoms with van der Waals surface area (Å²) in [5.74, 6) is 0. The van der Waals surface area contributed by atoms with Crippen LogP contribution in [0.4, 0.5) is 0 Å². The molecule has 2 bridgehead atoms. The SMILES string of the molecule is CC(C)(C)c1ccc2c(c1)c1ccccc1c1nc(=O)c3cc4c(cc3n21)C1(C)CCC4(C)C1. The molecule has 170 valence electrons. The molecule has 34 heavy (non-hydrogen) atoms. The van der Waals surface area contributed by atoms with Gasteiger partial charge < -0.3 is 0 Å². The van der Waals surface area contributed by atoms with Crippen LogP contribution in [0.3, 0.4) is 0 Å². The van der Waals surface area contributed by atoms with Crippen LogP contribution in [0.25, 0.3) is 38.2 Å². The molecule has 2 aliphatic rings. The molecule has 3 aromatic carbocycles. The summed E-state index contributed by atoms with van der Waals surface area (Å²) in [5.41, 5.74) is 7.27. The largest absolute Gasteiger partial charge is 0.293 e. The molecule has 5 aromatic rings. The van der Waals surface area contributed by atoms with E-state index in [1.807, 2.05) is 6.07 Å². The van der Waals surface area contributed by atoms with Crippen molar-refractivity contribution in [3.8, 4) is 0 Å². The van der Waals surface area contributed by atoms with Crippen molar-refractivity contribution < 1.29 is 0 Å². The maximum absolute atomic E-state index is 13.4. The predicted molar refractivity (Wildman–Crippen MR) is 141 cm³/mol. The van der Waals surface area contributed by atoms with Gasteiger partial charge in [-0.1, -0.05) is 65.0 Å². The number of hydrogen-bond donors (Lipinski definition) is 0. The molecule has 0 saturated heterocycles. The van der Waals surface area contributed by atoms with Gasteiger partial charge >= 0.3 is 0 Å². The molecule has 2 atom stereocenters. The Labute approximate surface area is 199 Å². The Kier molecular flexibility index (Phi) is 3.61. The van der Waals surface area contributed by atoms with E-state index in [4.69, 9.17) is 0 Å². The quantitative estimate of drug-likeness (QED) is 0.236. The van der Waals surface area contributed by atoms with Crippen LogP contribution in [0, 0.1) is 0 Å². The maximum atomic E-state index is 13.4. The second kappa shape index (κ2) is 6.07. The van der Waals surface area contributed by atoms with Crippen LogP contribution in [-0.4, -0.2) is 9.38 Å². The normalized spacial score (nSPS) is 24.0. The highest BCUT2D eigenvalue weighted by atomic mass is 16.1. The molecule has 2 aromatic heterocycles. The van der Waals surface area contributed by atoms with E-state index in [0.717, 1.165) is 32.8 Å². The third-order valence-electron chi connectivity index (χ3n) is 8.90. The summed E-state index contributed by atoms with van der Waals surface area (Å²) >= 11 is 0. The summed E-state index contributed by atoms with van der Waals surface area (Å²) in [6, 6.07) is 19.7.